The van der Waals surface area contributed by atoms with Gasteiger partial charge >= 0.3 is 17.9 Å². The lowest BCUT2D eigenvalue weighted by molar-refractivity contribution is -0.142. The summed E-state index contributed by atoms with van der Waals surface area (Å²) in [5.74, 6) is 8.38. The first kappa shape index (κ1) is 68.1. The van der Waals surface area contributed by atoms with Crippen LogP contribution in [0.2, 0.25) is 0 Å². The highest BCUT2D eigenvalue weighted by Gasteiger charge is 2.32. The molecule has 0 radical (unpaired) electrons. The highest BCUT2D eigenvalue weighted by atomic mass is 32.2. The van der Waals surface area contributed by atoms with Crippen molar-refractivity contribution in [1.82, 2.24) is 20.1 Å². The van der Waals surface area contributed by atoms with Crippen molar-refractivity contribution in [3.05, 3.63) is 232 Å². The van der Waals surface area contributed by atoms with Crippen LogP contribution >= 0.6 is 0 Å². The molecule has 468 valence electrons. The zero-order valence-electron chi connectivity index (χ0n) is 50.2. The lowest BCUT2D eigenvalue weighted by Gasteiger charge is -2.27. The number of ether oxygens (including phenoxy) is 2. The van der Waals surface area contributed by atoms with Gasteiger partial charge in [-0.25, -0.2) is 31.2 Å². The van der Waals surface area contributed by atoms with Crippen LogP contribution in [0.3, 0.4) is 0 Å². The van der Waals surface area contributed by atoms with Crippen LogP contribution in [0.25, 0.3) is 0 Å². The number of carbonyl (C=O) groups excluding carboxylic acids is 3. The molecule has 1 fully saturated rings. The van der Waals surface area contributed by atoms with Crippen LogP contribution in [0.5, 0.6) is 5.75 Å². The monoisotopic (exact) mass is 1260 g/mol. The molecule has 18 nitrogen and oxygen atoms in total. The van der Waals surface area contributed by atoms with Gasteiger partial charge < -0.3 is 36.1 Å². The minimum atomic E-state index is -4.09. The van der Waals surface area contributed by atoms with Gasteiger partial charge in [0, 0.05) is 24.0 Å². The fraction of sp³-hybridized carbons (Fsp3) is 0.271. The van der Waals surface area contributed by atoms with E-state index in [2.05, 4.69) is 43.8 Å². The van der Waals surface area contributed by atoms with Crippen molar-refractivity contribution in [2.24, 2.45) is 5.73 Å². The molecule has 1 saturated carbocycles. The van der Waals surface area contributed by atoms with E-state index in [1.807, 2.05) is 32.0 Å². The standard InChI is InChI=1S/C37H36N2O8S.C33H37N3O5S/c1-3-46-37(43)30-17-19-31(20-18-30)47-23-7-10-27-13-15-29(16-14-27)25-34(36(41)42)38-35(40)33(24-28-8-5-4-6-9-28)39-48(44,45)32-21-11-26(2)12-22-32;1-24-10-16-28(17-11-24)42(40,41)36-29(22-26-8-4-2-5-9-26)31(37)35-30(32(38)39)23-27-14-12-25(13-15-27)18-21-33(34)19-6-3-7-20-33/h4-6,8-9,11-22,33-34,39H,3,23-25H2,1-2H3,(H,38,40)(H,41,42);2,4-5,8-17,29-30,36H,3,6-7,19-20,22-23,34H2,1H3,(H,35,37)(H,38,39)/t33-,34-;29-,30-/m00/s1. The summed E-state index contributed by atoms with van der Waals surface area (Å²) in [5.41, 5.74) is 12.3. The average Bonchev–Trinajstić information content (AvgIpc) is 3.14. The van der Waals surface area contributed by atoms with Crippen LogP contribution in [0.15, 0.2) is 192 Å². The Balaban J connectivity index is 0.000000258. The Morgan fingerprint density at radius 3 is 1.33 bits per heavy atom. The predicted octanol–water partition coefficient (Wildman–Crippen LogP) is 8.01. The molecule has 0 heterocycles. The topological polar surface area (TPSA) is 287 Å². The lowest BCUT2D eigenvalue weighted by Crippen LogP contribution is -2.53. The summed E-state index contributed by atoms with van der Waals surface area (Å²) < 4.78 is 68.1. The van der Waals surface area contributed by atoms with Crippen molar-refractivity contribution >= 4 is 49.8 Å². The molecule has 8 rings (SSSR count). The quantitative estimate of drug-likeness (QED) is 0.0223. The first-order valence-electron chi connectivity index (χ1n) is 29.3. The van der Waals surface area contributed by atoms with Crippen LogP contribution in [0.4, 0.5) is 0 Å². The van der Waals surface area contributed by atoms with E-state index in [1.165, 1.54) is 30.7 Å². The summed E-state index contributed by atoms with van der Waals surface area (Å²) in [7, 11) is -8.15. The second-order valence-corrected chi connectivity index (χ2v) is 25.2. The van der Waals surface area contributed by atoms with Gasteiger partial charge in [0.25, 0.3) is 0 Å². The van der Waals surface area contributed by atoms with E-state index in [4.69, 9.17) is 15.2 Å². The number of hydrogen-bond acceptors (Lipinski definition) is 12. The molecule has 7 aromatic carbocycles. The molecular weight excluding hydrogens is 1180 g/mol. The van der Waals surface area contributed by atoms with Gasteiger partial charge in [0.1, 0.15) is 36.5 Å². The molecule has 0 bridgehead atoms. The molecule has 90 heavy (non-hydrogen) atoms. The maximum atomic E-state index is 13.4. The van der Waals surface area contributed by atoms with Gasteiger partial charge in [0.05, 0.1) is 27.5 Å². The molecule has 0 saturated heterocycles. The third-order valence-electron chi connectivity index (χ3n) is 14.6. The Labute approximate surface area is 526 Å². The lowest BCUT2D eigenvalue weighted by atomic mass is 9.83. The molecule has 8 N–H and O–H groups in total. The average molecular weight is 1260 g/mol. The summed E-state index contributed by atoms with van der Waals surface area (Å²) in [6, 6.07) is 45.8. The Morgan fingerprint density at radius 1 is 0.522 bits per heavy atom. The van der Waals surface area contributed by atoms with E-state index in [0.717, 1.165) is 47.9 Å². The van der Waals surface area contributed by atoms with E-state index < -0.39 is 79.5 Å². The fourth-order valence-corrected chi connectivity index (χ4v) is 11.9. The van der Waals surface area contributed by atoms with E-state index >= 15 is 0 Å². The third kappa shape index (κ3) is 21.4. The number of carboxylic acids is 2. The molecule has 7 aromatic rings. The second-order valence-electron chi connectivity index (χ2n) is 21.8. The fourth-order valence-electron chi connectivity index (χ4n) is 9.55. The van der Waals surface area contributed by atoms with Crippen molar-refractivity contribution in [3.63, 3.8) is 0 Å². The van der Waals surface area contributed by atoms with Crippen LogP contribution in [-0.2, 0) is 69.6 Å². The maximum Gasteiger partial charge on any atom is 0.338 e. The van der Waals surface area contributed by atoms with E-state index in [9.17, 15) is 51.0 Å². The van der Waals surface area contributed by atoms with Crippen LogP contribution < -0.4 is 30.5 Å². The number of aryl methyl sites for hydroxylation is 2. The Hall–Kier alpha value is -9.41. The zero-order valence-corrected chi connectivity index (χ0v) is 51.8. The summed E-state index contributed by atoms with van der Waals surface area (Å²) in [5, 5.41) is 24.9. The van der Waals surface area contributed by atoms with Crippen molar-refractivity contribution in [2.75, 3.05) is 13.2 Å². The maximum absolute atomic E-state index is 13.4. The van der Waals surface area contributed by atoms with Crippen LogP contribution in [0.1, 0.15) is 93.9 Å². The number of hydrogen-bond donors (Lipinski definition) is 7. The third-order valence-corrected chi connectivity index (χ3v) is 17.6. The minimum absolute atomic E-state index is 0.00631. The van der Waals surface area contributed by atoms with Gasteiger partial charge in [-0.15, -0.1) is 0 Å². The van der Waals surface area contributed by atoms with Gasteiger partial charge in [-0.3, -0.25) is 9.59 Å². The second kappa shape index (κ2) is 32.7. The first-order valence-corrected chi connectivity index (χ1v) is 32.2. The smallest absolute Gasteiger partial charge is 0.338 e. The molecule has 20 heteroatoms. The Kier molecular flexibility index (Phi) is 24.7. The molecule has 1 aliphatic carbocycles. The number of nitrogens with two attached hydrogens (primary N) is 1. The largest absolute Gasteiger partial charge is 0.481 e. The molecule has 2 amide bonds. The van der Waals surface area contributed by atoms with Gasteiger partial charge in [-0.05, 0) is 142 Å². The number of carbonyl (C=O) groups is 5. The summed E-state index contributed by atoms with van der Waals surface area (Å²) in [6.07, 6.45) is 5.12. The first-order chi connectivity index (χ1) is 43.1. The minimum Gasteiger partial charge on any atom is -0.481 e. The number of nitrogens with one attached hydrogen (secondary N) is 4. The molecule has 0 aliphatic heterocycles. The van der Waals surface area contributed by atoms with E-state index in [1.54, 1.807) is 146 Å². The van der Waals surface area contributed by atoms with Gasteiger partial charge in [-0.1, -0.05) is 163 Å². The number of sulfonamides is 2. The van der Waals surface area contributed by atoms with Crippen molar-refractivity contribution in [2.45, 2.75) is 118 Å². The molecule has 0 aromatic heterocycles. The molecular formula is C70H73N5O13S2. The highest BCUT2D eigenvalue weighted by Crippen LogP contribution is 2.25. The predicted molar refractivity (Wildman–Crippen MR) is 342 cm³/mol. The van der Waals surface area contributed by atoms with Crippen molar-refractivity contribution in [1.29, 1.82) is 0 Å². The number of benzene rings is 7. The number of rotatable bonds is 24. The summed E-state index contributed by atoms with van der Waals surface area (Å²) >= 11 is 0. The van der Waals surface area contributed by atoms with Crippen molar-refractivity contribution < 1.29 is 60.5 Å². The van der Waals surface area contributed by atoms with Crippen LogP contribution in [-0.4, -0.2) is 99.7 Å². The van der Waals surface area contributed by atoms with Gasteiger partial charge in [-0.2, -0.15) is 9.44 Å². The SMILES string of the molecule is CCOC(=O)c1ccc(OCC#Cc2ccc(C[C@H](NC(=O)[C@H](Cc3ccccc3)NS(=O)(=O)c3ccc(C)cc3)C(=O)O)cc2)cc1.Cc1ccc(S(=O)(=O)N[C@@H](Cc2ccccc2)C(=O)N[C@@H](Cc2ccc(C#CC3(N)CCCCC3)cc2)C(=O)O)cc1. The molecule has 0 unspecified atom stereocenters. The molecule has 0 spiro atoms. The highest BCUT2D eigenvalue weighted by molar-refractivity contribution is 7.89. The normalized spacial score (nSPS) is 13.9. The number of aliphatic carboxylic acids is 2. The zero-order chi connectivity index (χ0) is 64.7. The van der Waals surface area contributed by atoms with E-state index in [0.29, 0.717) is 40.2 Å². The number of esters is 1. The summed E-state index contributed by atoms with van der Waals surface area (Å²) in [4.78, 5) is 63.0. The Bertz CT molecular complexity index is 3920. The summed E-state index contributed by atoms with van der Waals surface area (Å²) in [6.45, 7) is 5.81. The van der Waals surface area contributed by atoms with Gasteiger partial charge in [0.15, 0.2) is 0 Å². The van der Waals surface area contributed by atoms with E-state index in [-0.39, 0.29) is 42.1 Å². The Morgan fingerprint density at radius 2 is 0.922 bits per heavy atom. The van der Waals surface area contributed by atoms with Gasteiger partial charge in [0.2, 0.25) is 31.9 Å². The molecule has 1 aliphatic rings. The molecule has 4 atom stereocenters. The number of carboxylic acid groups (broad SMARTS) is 2. The van der Waals surface area contributed by atoms with Crippen LogP contribution in [0, 0.1) is 37.5 Å². The van der Waals surface area contributed by atoms with Crippen molar-refractivity contribution in [3.8, 4) is 29.4 Å². The number of amides is 2.